The van der Waals surface area contributed by atoms with Crippen molar-refractivity contribution in [3.63, 3.8) is 0 Å². The molecule has 144 valence electrons. The van der Waals surface area contributed by atoms with Crippen LogP contribution < -0.4 is 5.32 Å². The molecular weight excluding hydrogens is 346 g/mol. The van der Waals surface area contributed by atoms with Crippen molar-refractivity contribution < 1.29 is 19.4 Å². The number of nitrogens with zero attached hydrogens (tertiary/aromatic N) is 1. The number of aliphatic carboxylic acids is 1. The molecule has 2 unspecified atom stereocenters. The maximum absolute atomic E-state index is 12.7. The van der Waals surface area contributed by atoms with E-state index in [9.17, 15) is 14.7 Å². The Morgan fingerprint density at radius 2 is 2.00 bits per heavy atom. The molecule has 0 radical (unpaired) electrons. The summed E-state index contributed by atoms with van der Waals surface area (Å²) in [6.45, 7) is 7.96. The van der Waals surface area contributed by atoms with Crippen molar-refractivity contribution in [3.05, 3.63) is 41.6 Å². The molecule has 0 saturated heterocycles. The van der Waals surface area contributed by atoms with Crippen LogP contribution in [0.4, 0.5) is 0 Å². The number of H-pyrrole nitrogens is 1. The lowest BCUT2D eigenvalue weighted by Crippen LogP contribution is -2.76. The maximum Gasteiger partial charge on any atom is 0.330 e. The van der Waals surface area contributed by atoms with E-state index in [-0.39, 0.29) is 18.2 Å². The number of nitrogens with one attached hydrogen (secondary N) is 2. The van der Waals surface area contributed by atoms with E-state index in [1.54, 1.807) is 19.9 Å². The van der Waals surface area contributed by atoms with E-state index in [0.29, 0.717) is 12.3 Å². The van der Waals surface area contributed by atoms with E-state index in [2.05, 4.69) is 15.5 Å². The third kappa shape index (κ3) is 3.12. The topological polar surface area (TPSA) is 104 Å². The van der Waals surface area contributed by atoms with Crippen molar-refractivity contribution >= 4 is 11.9 Å². The lowest BCUT2D eigenvalue weighted by atomic mass is 9.54. The van der Waals surface area contributed by atoms with Gasteiger partial charge >= 0.3 is 5.97 Å². The Morgan fingerprint density at radius 3 is 2.56 bits per heavy atom. The first-order valence-electron chi connectivity index (χ1n) is 9.01. The zero-order valence-electron chi connectivity index (χ0n) is 16.0. The molecule has 1 amide bonds. The van der Waals surface area contributed by atoms with Gasteiger partial charge in [-0.3, -0.25) is 9.89 Å². The van der Waals surface area contributed by atoms with Crippen molar-refractivity contribution in [1.82, 2.24) is 15.5 Å². The minimum absolute atomic E-state index is 0.219. The number of hydrogen-bond acceptors (Lipinski definition) is 4. The Labute approximate surface area is 158 Å². The van der Waals surface area contributed by atoms with Gasteiger partial charge in [-0.25, -0.2) is 4.79 Å². The molecule has 3 rings (SSSR count). The van der Waals surface area contributed by atoms with E-state index in [0.717, 1.165) is 11.1 Å². The van der Waals surface area contributed by atoms with E-state index < -0.39 is 22.8 Å². The first kappa shape index (κ1) is 19.1. The summed E-state index contributed by atoms with van der Waals surface area (Å²) < 4.78 is 5.62. The molecule has 0 aliphatic heterocycles. The predicted octanol–water partition coefficient (Wildman–Crippen LogP) is 2.77. The quantitative estimate of drug-likeness (QED) is 0.724. The highest BCUT2D eigenvalue weighted by atomic mass is 16.5. The molecule has 2 atom stereocenters. The van der Waals surface area contributed by atoms with Crippen LogP contribution in [-0.2, 0) is 9.53 Å². The van der Waals surface area contributed by atoms with E-state index >= 15 is 0 Å². The molecule has 3 N–H and O–H groups in total. The van der Waals surface area contributed by atoms with Gasteiger partial charge in [-0.05, 0) is 19.9 Å². The van der Waals surface area contributed by atoms with Gasteiger partial charge in [0.25, 0.3) is 5.91 Å². The number of aromatic amines is 1. The third-order valence-corrected chi connectivity index (χ3v) is 5.63. The summed E-state index contributed by atoms with van der Waals surface area (Å²) in [4.78, 5) is 24.7. The molecule has 1 saturated carbocycles. The maximum atomic E-state index is 12.7. The van der Waals surface area contributed by atoms with Crippen LogP contribution in [-0.4, -0.2) is 45.4 Å². The summed E-state index contributed by atoms with van der Waals surface area (Å²) in [7, 11) is 0. The van der Waals surface area contributed by atoms with Gasteiger partial charge in [0.2, 0.25) is 0 Å². The summed E-state index contributed by atoms with van der Waals surface area (Å²) in [5.74, 6) is -1.55. The fraction of sp³-hybridized carbons (Fsp3) is 0.450. The number of aromatic nitrogens is 2. The molecule has 0 spiro atoms. The molecule has 7 nitrogen and oxygen atoms in total. The first-order chi connectivity index (χ1) is 12.7. The Balaban J connectivity index is 1.80. The fourth-order valence-corrected chi connectivity index (χ4v) is 3.61. The highest BCUT2D eigenvalue weighted by Crippen LogP contribution is 2.51. The summed E-state index contributed by atoms with van der Waals surface area (Å²) in [5, 5.41) is 19.4. The number of carboxylic acid groups (broad SMARTS) is 1. The number of benzene rings is 1. The standard InChI is InChI=1S/C20H25N3O4/c1-5-27-16-11-20(18(25)26,19(16,3)4)21-17(24)15-10-14(22-23-15)13-8-6-12(2)7-9-13/h6-10,16H,5,11H2,1-4H3,(H,21,24)(H,22,23)(H,25,26). The van der Waals surface area contributed by atoms with Gasteiger partial charge in [0.1, 0.15) is 11.2 Å². The van der Waals surface area contributed by atoms with Crippen LogP contribution in [0.1, 0.15) is 43.2 Å². The second kappa shape index (κ2) is 6.81. The molecule has 1 heterocycles. The minimum atomic E-state index is -1.38. The van der Waals surface area contributed by atoms with Crippen LogP contribution in [0.25, 0.3) is 11.3 Å². The first-order valence-corrected chi connectivity index (χ1v) is 9.01. The number of carboxylic acids is 1. The van der Waals surface area contributed by atoms with Crippen molar-refractivity contribution in [2.75, 3.05) is 6.61 Å². The molecule has 7 heteroatoms. The fourth-order valence-electron chi connectivity index (χ4n) is 3.61. The second-order valence-electron chi connectivity index (χ2n) is 7.57. The third-order valence-electron chi connectivity index (χ3n) is 5.63. The highest BCUT2D eigenvalue weighted by Gasteiger charge is 2.66. The van der Waals surface area contributed by atoms with Crippen LogP contribution in [0.5, 0.6) is 0 Å². The molecule has 1 aliphatic rings. The van der Waals surface area contributed by atoms with Gasteiger partial charge < -0.3 is 15.2 Å². The molecule has 2 aromatic rings. The van der Waals surface area contributed by atoms with Crippen LogP contribution in [0.2, 0.25) is 0 Å². The second-order valence-corrected chi connectivity index (χ2v) is 7.57. The smallest absolute Gasteiger partial charge is 0.330 e. The molecule has 0 bridgehead atoms. The van der Waals surface area contributed by atoms with Gasteiger partial charge in [-0.2, -0.15) is 5.10 Å². The Hall–Kier alpha value is -2.67. The van der Waals surface area contributed by atoms with E-state index in [1.807, 2.05) is 38.1 Å². The number of aryl methyl sites for hydroxylation is 1. The summed E-state index contributed by atoms with van der Waals surface area (Å²) in [6.07, 6.45) is 0.0113. The van der Waals surface area contributed by atoms with Crippen LogP contribution in [0.15, 0.2) is 30.3 Å². The Morgan fingerprint density at radius 1 is 1.33 bits per heavy atom. The number of hydrogen-bond donors (Lipinski definition) is 3. The lowest BCUT2D eigenvalue weighted by molar-refractivity contribution is -0.190. The van der Waals surface area contributed by atoms with Gasteiger partial charge in [-0.15, -0.1) is 0 Å². The molecule has 1 aromatic heterocycles. The summed E-state index contributed by atoms with van der Waals surface area (Å²) >= 11 is 0. The number of ether oxygens (including phenoxy) is 1. The minimum Gasteiger partial charge on any atom is -0.479 e. The monoisotopic (exact) mass is 371 g/mol. The summed E-state index contributed by atoms with van der Waals surface area (Å²) in [5.41, 5.74) is 0.756. The predicted molar refractivity (Wildman–Crippen MR) is 100 cm³/mol. The van der Waals surface area contributed by atoms with Gasteiger partial charge in [0, 0.05) is 24.0 Å². The Kier molecular flexibility index (Phi) is 4.82. The van der Waals surface area contributed by atoms with Crippen molar-refractivity contribution in [2.24, 2.45) is 5.41 Å². The molecular formula is C20H25N3O4. The zero-order valence-corrected chi connectivity index (χ0v) is 16.0. The number of amides is 1. The van der Waals surface area contributed by atoms with Gasteiger partial charge in [0.15, 0.2) is 0 Å². The highest BCUT2D eigenvalue weighted by molar-refractivity contribution is 5.98. The number of carbonyl (C=O) groups excluding carboxylic acids is 1. The summed E-state index contributed by atoms with van der Waals surface area (Å²) in [6, 6.07) is 9.41. The normalized spacial score (nSPS) is 23.5. The Bertz CT molecular complexity index is 856. The molecule has 1 fully saturated rings. The van der Waals surface area contributed by atoms with Gasteiger partial charge in [0.05, 0.1) is 11.8 Å². The zero-order chi connectivity index (χ0) is 19.8. The SMILES string of the molecule is CCOC1CC(NC(=O)c2cc(-c3ccc(C)cc3)n[nH]2)(C(=O)O)C1(C)C. The van der Waals surface area contributed by atoms with Crippen molar-refractivity contribution in [1.29, 1.82) is 0 Å². The largest absolute Gasteiger partial charge is 0.479 e. The van der Waals surface area contributed by atoms with Crippen LogP contribution in [0, 0.1) is 12.3 Å². The van der Waals surface area contributed by atoms with Crippen LogP contribution >= 0.6 is 0 Å². The van der Waals surface area contributed by atoms with Crippen molar-refractivity contribution in [2.45, 2.75) is 45.8 Å². The number of carbonyl (C=O) groups is 2. The molecule has 27 heavy (non-hydrogen) atoms. The molecule has 1 aliphatic carbocycles. The van der Waals surface area contributed by atoms with E-state index in [1.165, 1.54) is 0 Å². The molecule has 1 aromatic carbocycles. The van der Waals surface area contributed by atoms with Crippen LogP contribution in [0.3, 0.4) is 0 Å². The number of rotatable bonds is 6. The van der Waals surface area contributed by atoms with Crippen molar-refractivity contribution in [3.8, 4) is 11.3 Å². The van der Waals surface area contributed by atoms with E-state index in [4.69, 9.17) is 4.74 Å². The van der Waals surface area contributed by atoms with Gasteiger partial charge in [-0.1, -0.05) is 43.7 Å². The lowest BCUT2D eigenvalue weighted by Gasteiger charge is -2.58. The average molecular weight is 371 g/mol. The average Bonchev–Trinajstić information content (AvgIpc) is 3.11.